The number of ether oxygens (including phenoxy) is 1. The third-order valence-corrected chi connectivity index (χ3v) is 3.79. The van der Waals surface area contributed by atoms with Crippen LogP contribution in [0.2, 0.25) is 0 Å². The first kappa shape index (κ1) is 14.1. The van der Waals surface area contributed by atoms with Crippen molar-refractivity contribution in [3.8, 4) is 0 Å². The molecular formula is C14H21NO4. The molecule has 0 bridgehead atoms. The number of carbonyl (C=O) groups is 2. The predicted molar refractivity (Wildman–Crippen MR) is 68.9 cm³/mol. The van der Waals surface area contributed by atoms with Crippen LogP contribution in [0.1, 0.15) is 32.1 Å². The lowest BCUT2D eigenvalue weighted by atomic mass is 10.1. The van der Waals surface area contributed by atoms with Crippen LogP contribution < -0.4 is 0 Å². The molecule has 3 atom stereocenters. The number of nitrogens with zero attached hydrogens (tertiary/aromatic N) is 1. The third kappa shape index (κ3) is 3.56. The van der Waals surface area contributed by atoms with Crippen molar-refractivity contribution >= 4 is 11.9 Å². The Morgan fingerprint density at radius 1 is 1.47 bits per heavy atom. The number of hydrogen-bond acceptors (Lipinski definition) is 4. The molecular weight excluding hydrogens is 246 g/mol. The molecule has 19 heavy (non-hydrogen) atoms. The largest absolute Gasteiger partial charge is 0.462 e. The molecule has 1 aliphatic heterocycles. The highest BCUT2D eigenvalue weighted by Crippen LogP contribution is 2.45. The second-order valence-corrected chi connectivity index (χ2v) is 5.15. The Bertz CT molecular complexity index is 380. The molecule has 1 heterocycles. The van der Waals surface area contributed by atoms with E-state index in [-0.39, 0.29) is 29.8 Å². The van der Waals surface area contributed by atoms with Gasteiger partial charge in [-0.3, -0.25) is 14.4 Å². The Labute approximate surface area is 113 Å². The minimum absolute atomic E-state index is 0.0348. The number of esters is 1. The smallest absolute Gasteiger partial charge is 0.306 e. The van der Waals surface area contributed by atoms with E-state index in [2.05, 4.69) is 12.2 Å². The number of amides is 1. The first-order valence-corrected chi connectivity index (χ1v) is 6.79. The lowest BCUT2D eigenvalue weighted by molar-refractivity contribution is -0.171. The molecule has 5 heteroatoms. The molecule has 0 unspecified atom stereocenters. The standard InChI is InChI=1S/C14H21NO4/c1-15(18-2)14(17)11-9-10(11)12-7-5-3-4-6-8-13(16)19-12/h3,5,10-12H,4,6-9H2,1-2H3/b5-3-/t10-,11-,12+/m1/s1. The van der Waals surface area contributed by atoms with Crippen LogP contribution in [0.3, 0.4) is 0 Å². The maximum Gasteiger partial charge on any atom is 0.306 e. The van der Waals surface area contributed by atoms with Crippen LogP contribution in [-0.2, 0) is 19.2 Å². The predicted octanol–water partition coefficient (Wildman–Crippen LogP) is 1.68. The van der Waals surface area contributed by atoms with Gasteiger partial charge in [0.15, 0.2) is 0 Å². The summed E-state index contributed by atoms with van der Waals surface area (Å²) in [6.07, 6.45) is 7.68. The molecule has 1 fully saturated rings. The highest BCUT2D eigenvalue weighted by atomic mass is 16.7. The maximum atomic E-state index is 11.9. The molecule has 0 radical (unpaired) electrons. The Balaban J connectivity index is 1.93. The van der Waals surface area contributed by atoms with E-state index in [4.69, 9.17) is 9.57 Å². The summed E-state index contributed by atoms with van der Waals surface area (Å²) >= 11 is 0. The topological polar surface area (TPSA) is 55.8 Å². The number of cyclic esters (lactones) is 1. The average Bonchev–Trinajstić information content (AvgIpc) is 3.18. The SMILES string of the molecule is CON(C)C(=O)[C@@H]1C[C@H]1[C@@H]1C/C=C\CCCC(=O)O1. The molecule has 0 N–H and O–H groups in total. The molecule has 106 valence electrons. The van der Waals surface area contributed by atoms with Crippen LogP contribution in [0.15, 0.2) is 12.2 Å². The van der Waals surface area contributed by atoms with E-state index in [1.807, 2.05) is 0 Å². The van der Waals surface area contributed by atoms with E-state index in [1.54, 1.807) is 7.05 Å². The molecule has 5 nitrogen and oxygen atoms in total. The van der Waals surface area contributed by atoms with Gasteiger partial charge >= 0.3 is 5.97 Å². The van der Waals surface area contributed by atoms with E-state index < -0.39 is 0 Å². The van der Waals surface area contributed by atoms with Crippen molar-refractivity contribution in [2.75, 3.05) is 14.2 Å². The van der Waals surface area contributed by atoms with Crippen molar-refractivity contribution in [3.05, 3.63) is 12.2 Å². The summed E-state index contributed by atoms with van der Waals surface area (Å²) in [6, 6.07) is 0. The summed E-state index contributed by atoms with van der Waals surface area (Å²) in [7, 11) is 3.07. The third-order valence-electron chi connectivity index (χ3n) is 3.79. The minimum atomic E-state index is -0.166. The van der Waals surface area contributed by atoms with E-state index >= 15 is 0 Å². The second-order valence-electron chi connectivity index (χ2n) is 5.15. The van der Waals surface area contributed by atoms with Gasteiger partial charge < -0.3 is 4.74 Å². The molecule has 2 rings (SSSR count). The van der Waals surface area contributed by atoms with Crippen molar-refractivity contribution in [3.63, 3.8) is 0 Å². The highest BCUT2D eigenvalue weighted by Gasteiger charge is 2.50. The van der Waals surface area contributed by atoms with Gasteiger partial charge in [-0.15, -0.1) is 0 Å². The monoisotopic (exact) mass is 267 g/mol. The van der Waals surface area contributed by atoms with Gasteiger partial charge in [0, 0.05) is 31.7 Å². The van der Waals surface area contributed by atoms with Gasteiger partial charge in [-0.25, -0.2) is 5.06 Å². The fraction of sp³-hybridized carbons (Fsp3) is 0.714. The molecule has 2 aliphatic rings. The Morgan fingerprint density at radius 2 is 2.26 bits per heavy atom. The fourth-order valence-corrected chi connectivity index (χ4v) is 2.48. The zero-order valence-corrected chi connectivity index (χ0v) is 11.5. The fourth-order valence-electron chi connectivity index (χ4n) is 2.48. The summed E-state index contributed by atoms with van der Waals surface area (Å²) in [5.41, 5.74) is 0. The molecule has 0 saturated heterocycles. The molecule has 0 aromatic heterocycles. The molecule has 0 aromatic carbocycles. The van der Waals surface area contributed by atoms with Crippen LogP contribution in [0, 0.1) is 11.8 Å². The number of carbonyl (C=O) groups excluding carboxylic acids is 2. The normalized spacial score (nSPS) is 32.5. The molecule has 1 saturated carbocycles. The number of hydroxylamine groups is 2. The number of allylic oxidation sites excluding steroid dienone is 1. The maximum absolute atomic E-state index is 11.9. The summed E-state index contributed by atoms with van der Waals surface area (Å²) in [5, 5.41) is 1.25. The van der Waals surface area contributed by atoms with Gasteiger partial charge in [-0.1, -0.05) is 12.2 Å². The molecule has 1 amide bonds. The van der Waals surface area contributed by atoms with Gasteiger partial charge in [-0.2, -0.15) is 0 Å². The Morgan fingerprint density at radius 3 is 3.00 bits per heavy atom. The van der Waals surface area contributed by atoms with Gasteiger partial charge in [0.05, 0.1) is 7.11 Å². The first-order valence-electron chi connectivity index (χ1n) is 6.79. The number of rotatable bonds is 3. The van der Waals surface area contributed by atoms with Crippen molar-refractivity contribution in [2.45, 2.75) is 38.2 Å². The van der Waals surface area contributed by atoms with Crippen molar-refractivity contribution in [1.82, 2.24) is 5.06 Å². The Kier molecular flexibility index (Phi) is 4.58. The zero-order chi connectivity index (χ0) is 13.8. The average molecular weight is 267 g/mol. The number of hydrogen-bond donors (Lipinski definition) is 0. The van der Waals surface area contributed by atoms with E-state index in [0.29, 0.717) is 12.8 Å². The van der Waals surface area contributed by atoms with Crippen molar-refractivity contribution < 1.29 is 19.2 Å². The minimum Gasteiger partial charge on any atom is -0.462 e. The lowest BCUT2D eigenvalue weighted by Crippen LogP contribution is -2.29. The van der Waals surface area contributed by atoms with Crippen LogP contribution in [0.5, 0.6) is 0 Å². The van der Waals surface area contributed by atoms with Crippen LogP contribution in [0.25, 0.3) is 0 Å². The van der Waals surface area contributed by atoms with E-state index in [0.717, 1.165) is 19.3 Å². The molecule has 0 aromatic rings. The lowest BCUT2D eigenvalue weighted by Gasteiger charge is -2.17. The van der Waals surface area contributed by atoms with Gasteiger partial charge in [0.2, 0.25) is 5.91 Å². The van der Waals surface area contributed by atoms with Crippen molar-refractivity contribution in [1.29, 1.82) is 0 Å². The van der Waals surface area contributed by atoms with Crippen LogP contribution in [-0.4, -0.2) is 37.2 Å². The van der Waals surface area contributed by atoms with Crippen LogP contribution >= 0.6 is 0 Å². The molecule has 1 aliphatic carbocycles. The second kappa shape index (κ2) is 6.19. The van der Waals surface area contributed by atoms with Crippen LogP contribution in [0.4, 0.5) is 0 Å². The molecule has 0 spiro atoms. The van der Waals surface area contributed by atoms with E-state index in [9.17, 15) is 9.59 Å². The first-order chi connectivity index (χ1) is 9.13. The summed E-state index contributed by atoms with van der Waals surface area (Å²) in [4.78, 5) is 28.5. The Hall–Kier alpha value is -1.36. The summed E-state index contributed by atoms with van der Waals surface area (Å²) in [6.45, 7) is 0. The summed E-state index contributed by atoms with van der Waals surface area (Å²) in [5.74, 6) is -0.118. The quantitative estimate of drug-likeness (QED) is 0.443. The summed E-state index contributed by atoms with van der Waals surface area (Å²) < 4.78 is 5.49. The van der Waals surface area contributed by atoms with Crippen molar-refractivity contribution in [2.24, 2.45) is 11.8 Å². The highest BCUT2D eigenvalue weighted by molar-refractivity contribution is 5.80. The van der Waals surface area contributed by atoms with Gasteiger partial charge in [0.1, 0.15) is 6.10 Å². The zero-order valence-electron chi connectivity index (χ0n) is 11.5. The van der Waals surface area contributed by atoms with E-state index in [1.165, 1.54) is 12.2 Å². The van der Waals surface area contributed by atoms with Gasteiger partial charge in [-0.05, 0) is 19.3 Å². The van der Waals surface area contributed by atoms with Gasteiger partial charge in [0.25, 0.3) is 0 Å².